The molecule has 3 N–H and O–H groups in total. The zero-order valence-electron chi connectivity index (χ0n) is 11.2. The maximum atomic E-state index is 11.6. The van der Waals surface area contributed by atoms with Gasteiger partial charge in [-0.15, -0.1) is 0 Å². The predicted molar refractivity (Wildman–Crippen MR) is 70.7 cm³/mol. The standard InChI is InChI=1S/C13H19N3O4/c17-10(9-4-2-1-3-5-9)8-14-12(18)13(19)15-11-6-7-20-16-11/h6-7,9-10,17H,1-5,8H2,(H,14,18)(H,15,16,19). The van der Waals surface area contributed by atoms with Gasteiger partial charge in [0, 0.05) is 12.6 Å². The molecule has 0 aliphatic heterocycles. The van der Waals surface area contributed by atoms with E-state index < -0.39 is 17.9 Å². The lowest BCUT2D eigenvalue weighted by Crippen LogP contribution is -2.42. The summed E-state index contributed by atoms with van der Waals surface area (Å²) in [5, 5.41) is 18.2. The largest absolute Gasteiger partial charge is 0.391 e. The molecule has 1 fully saturated rings. The molecule has 7 heteroatoms. The van der Waals surface area contributed by atoms with Gasteiger partial charge in [0.2, 0.25) is 0 Å². The number of aliphatic hydroxyl groups excluding tert-OH is 1. The van der Waals surface area contributed by atoms with Crippen molar-refractivity contribution in [2.45, 2.75) is 38.2 Å². The molecule has 1 saturated carbocycles. The lowest BCUT2D eigenvalue weighted by Gasteiger charge is -2.26. The average molecular weight is 281 g/mol. The Hall–Kier alpha value is -1.89. The number of rotatable bonds is 4. The van der Waals surface area contributed by atoms with E-state index in [9.17, 15) is 14.7 Å². The van der Waals surface area contributed by atoms with Crippen molar-refractivity contribution < 1.29 is 19.2 Å². The highest BCUT2D eigenvalue weighted by Crippen LogP contribution is 2.26. The van der Waals surface area contributed by atoms with Gasteiger partial charge in [0.25, 0.3) is 0 Å². The number of aliphatic hydroxyl groups is 1. The van der Waals surface area contributed by atoms with Crippen molar-refractivity contribution in [3.8, 4) is 0 Å². The first-order chi connectivity index (χ1) is 9.66. The van der Waals surface area contributed by atoms with Gasteiger partial charge in [-0.2, -0.15) is 0 Å². The topological polar surface area (TPSA) is 104 Å². The number of amides is 2. The third kappa shape index (κ3) is 4.06. The molecule has 20 heavy (non-hydrogen) atoms. The van der Waals surface area contributed by atoms with Crippen LogP contribution in [-0.4, -0.2) is 34.7 Å². The molecule has 1 aromatic heterocycles. The minimum absolute atomic E-state index is 0.0930. The number of hydrogen-bond acceptors (Lipinski definition) is 5. The van der Waals surface area contributed by atoms with E-state index in [1.165, 1.54) is 18.8 Å². The van der Waals surface area contributed by atoms with E-state index in [1.54, 1.807) is 0 Å². The van der Waals surface area contributed by atoms with Crippen LogP contribution in [-0.2, 0) is 9.59 Å². The molecule has 110 valence electrons. The van der Waals surface area contributed by atoms with E-state index in [-0.39, 0.29) is 18.3 Å². The Balaban J connectivity index is 1.72. The first kappa shape index (κ1) is 14.5. The number of carbonyl (C=O) groups excluding carboxylic acids is 2. The van der Waals surface area contributed by atoms with Crippen LogP contribution in [0.25, 0.3) is 0 Å². The van der Waals surface area contributed by atoms with E-state index in [0.29, 0.717) is 0 Å². The minimum atomic E-state index is -0.824. The van der Waals surface area contributed by atoms with E-state index in [4.69, 9.17) is 0 Å². The first-order valence-electron chi connectivity index (χ1n) is 6.84. The second-order valence-corrected chi connectivity index (χ2v) is 5.01. The number of aromatic nitrogens is 1. The molecular weight excluding hydrogens is 262 g/mol. The van der Waals surface area contributed by atoms with Gasteiger partial charge < -0.3 is 14.9 Å². The molecule has 0 spiro atoms. The summed E-state index contributed by atoms with van der Waals surface area (Å²) in [6, 6.07) is 1.43. The summed E-state index contributed by atoms with van der Waals surface area (Å²) < 4.78 is 4.54. The zero-order chi connectivity index (χ0) is 14.4. The van der Waals surface area contributed by atoms with Crippen molar-refractivity contribution in [1.82, 2.24) is 10.5 Å². The third-order valence-corrected chi connectivity index (χ3v) is 3.55. The average Bonchev–Trinajstić information content (AvgIpc) is 2.98. The van der Waals surface area contributed by atoms with Crippen LogP contribution in [0.1, 0.15) is 32.1 Å². The van der Waals surface area contributed by atoms with Crippen LogP contribution in [0, 0.1) is 5.92 Å². The number of nitrogens with one attached hydrogen (secondary N) is 2. The quantitative estimate of drug-likeness (QED) is 0.704. The zero-order valence-corrected chi connectivity index (χ0v) is 11.2. The Morgan fingerprint density at radius 2 is 2.10 bits per heavy atom. The number of hydrogen-bond donors (Lipinski definition) is 3. The maximum Gasteiger partial charge on any atom is 0.314 e. The molecule has 1 aliphatic carbocycles. The van der Waals surface area contributed by atoms with Crippen molar-refractivity contribution in [3.63, 3.8) is 0 Å². The molecule has 2 rings (SSSR count). The molecule has 1 heterocycles. The van der Waals surface area contributed by atoms with Crippen molar-refractivity contribution in [3.05, 3.63) is 12.3 Å². The van der Waals surface area contributed by atoms with E-state index >= 15 is 0 Å². The highest BCUT2D eigenvalue weighted by molar-refractivity contribution is 6.39. The van der Waals surface area contributed by atoms with Crippen LogP contribution in [0.5, 0.6) is 0 Å². The summed E-state index contributed by atoms with van der Waals surface area (Å²) in [6.45, 7) is 0.0930. The number of carbonyl (C=O) groups is 2. The normalized spacial score (nSPS) is 17.4. The summed E-state index contributed by atoms with van der Waals surface area (Å²) >= 11 is 0. The SMILES string of the molecule is O=C(NCC(O)C1CCCCC1)C(=O)Nc1ccon1. The smallest absolute Gasteiger partial charge is 0.314 e. The molecular formula is C13H19N3O4. The fraction of sp³-hybridized carbons (Fsp3) is 0.615. The van der Waals surface area contributed by atoms with E-state index in [0.717, 1.165) is 25.7 Å². The molecule has 1 aromatic rings. The summed E-state index contributed by atoms with van der Waals surface area (Å²) in [4.78, 5) is 23.1. The number of anilines is 1. The summed E-state index contributed by atoms with van der Waals surface area (Å²) in [6.07, 6.45) is 6.07. The van der Waals surface area contributed by atoms with Gasteiger partial charge in [0.1, 0.15) is 6.26 Å². The van der Waals surface area contributed by atoms with E-state index in [2.05, 4.69) is 20.3 Å². The minimum Gasteiger partial charge on any atom is -0.391 e. The van der Waals surface area contributed by atoms with Crippen LogP contribution in [0.2, 0.25) is 0 Å². The van der Waals surface area contributed by atoms with Crippen LogP contribution in [0.3, 0.4) is 0 Å². The second-order valence-electron chi connectivity index (χ2n) is 5.01. The lowest BCUT2D eigenvalue weighted by atomic mass is 9.85. The molecule has 0 radical (unpaired) electrons. The molecule has 1 aliphatic rings. The van der Waals surface area contributed by atoms with Crippen LogP contribution in [0.4, 0.5) is 5.82 Å². The maximum absolute atomic E-state index is 11.6. The van der Waals surface area contributed by atoms with Crippen LogP contribution in [0.15, 0.2) is 16.9 Å². The highest BCUT2D eigenvalue weighted by Gasteiger charge is 2.23. The number of nitrogens with zero attached hydrogens (tertiary/aromatic N) is 1. The predicted octanol–water partition coefficient (Wildman–Crippen LogP) is 0.670. The van der Waals surface area contributed by atoms with Crippen LogP contribution >= 0.6 is 0 Å². The Labute approximate surface area is 116 Å². The van der Waals surface area contributed by atoms with Gasteiger partial charge in [-0.1, -0.05) is 24.4 Å². The van der Waals surface area contributed by atoms with Crippen molar-refractivity contribution in [1.29, 1.82) is 0 Å². The summed E-state index contributed by atoms with van der Waals surface area (Å²) in [5.74, 6) is -1.22. The van der Waals surface area contributed by atoms with Gasteiger partial charge >= 0.3 is 11.8 Å². The van der Waals surface area contributed by atoms with Crippen molar-refractivity contribution >= 4 is 17.6 Å². The molecule has 0 bridgehead atoms. The molecule has 1 atom stereocenters. The monoisotopic (exact) mass is 281 g/mol. The first-order valence-corrected chi connectivity index (χ1v) is 6.84. The Morgan fingerprint density at radius 3 is 2.75 bits per heavy atom. The Kier molecular flexibility index (Phi) is 5.11. The molecule has 0 aromatic carbocycles. The van der Waals surface area contributed by atoms with Gasteiger partial charge in [0.05, 0.1) is 6.10 Å². The van der Waals surface area contributed by atoms with E-state index in [1.807, 2.05) is 0 Å². The van der Waals surface area contributed by atoms with Crippen molar-refractivity contribution in [2.75, 3.05) is 11.9 Å². The Bertz CT molecular complexity index is 440. The highest BCUT2D eigenvalue weighted by atomic mass is 16.5. The fourth-order valence-electron chi connectivity index (χ4n) is 2.41. The second kappa shape index (κ2) is 7.04. The Morgan fingerprint density at radius 1 is 1.35 bits per heavy atom. The summed E-state index contributed by atoms with van der Waals surface area (Å²) in [7, 11) is 0. The fourth-order valence-corrected chi connectivity index (χ4v) is 2.41. The summed E-state index contributed by atoms with van der Waals surface area (Å²) in [5.41, 5.74) is 0. The van der Waals surface area contributed by atoms with Gasteiger partial charge in [0.15, 0.2) is 5.82 Å². The van der Waals surface area contributed by atoms with Crippen molar-refractivity contribution in [2.24, 2.45) is 5.92 Å². The van der Waals surface area contributed by atoms with Gasteiger partial charge in [-0.05, 0) is 18.8 Å². The molecule has 7 nitrogen and oxygen atoms in total. The van der Waals surface area contributed by atoms with Crippen LogP contribution < -0.4 is 10.6 Å². The lowest BCUT2D eigenvalue weighted by molar-refractivity contribution is -0.136. The molecule has 1 unspecified atom stereocenters. The van der Waals surface area contributed by atoms with Gasteiger partial charge in [-0.25, -0.2) is 0 Å². The molecule has 0 saturated heterocycles. The van der Waals surface area contributed by atoms with Gasteiger partial charge in [-0.3, -0.25) is 14.9 Å². The third-order valence-electron chi connectivity index (χ3n) is 3.55. The molecule has 2 amide bonds.